The van der Waals surface area contributed by atoms with Crippen LogP contribution in [0.5, 0.6) is 0 Å². The second-order valence-electron chi connectivity index (χ2n) is 3.82. The van der Waals surface area contributed by atoms with Gasteiger partial charge in [-0.25, -0.2) is 0 Å². The molecule has 0 bridgehead atoms. The molecule has 0 aromatic heterocycles. The Kier molecular flexibility index (Phi) is 3.64. The van der Waals surface area contributed by atoms with E-state index in [1.807, 2.05) is 0 Å². The lowest BCUT2D eigenvalue weighted by Gasteiger charge is -2.29. The smallest absolute Gasteiger partial charge is 0.399 e. The number of carbonyl (C=O) groups excluding carboxylic acids is 1. The molecule has 1 aromatic rings. The highest BCUT2D eigenvalue weighted by molar-refractivity contribution is 5.95. The molecule has 0 aliphatic rings. The standard InChI is InChI=1S/C10H7F7N2O/c11-8(12,9(13,14)10(15,16)17)6-2-1-4(18)3-5(6)7(19)20/h1-3H,18H2,(H2,19,20). The molecular formula is C10H7F7N2O. The lowest BCUT2D eigenvalue weighted by molar-refractivity contribution is -0.359. The highest BCUT2D eigenvalue weighted by Crippen LogP contribution is 2.52. The molecule has 20 heavy (non-hydrogen) atoms. The van der Waals surface area contributed by atoms with Crippen LogP contribution in [0.3, 0.4) is 0 Å². The van der Waals surface area contributed by atoms with Crippen LogP contribution in [-0.2, 0) is 5.92 Å². The van der Waals surface area contributed by atoms with E-state index < -0.39 is 35.1 Å². The summed E-state index contributed by atoms with van der Waals surface area (Å²) in [6, 6.07) is 1.36. The van der Waals surface area contributed by atoms with E-state index in [9.17, 15) is 35.5 Å². The highest BCUT2D eigenvalue weighted by atomic mass is 19.4. The van der Waals surface area contributed by atoms with Crippen molar-refractivity contribution in [2.45, 2.75) is 18.0 Å². The fourth-order valence-corrected chi connectivity index (χ4v) is 1.39. The zero-order valence-electron chi connectivity index (χ0n) is 9.44. The summed E-state index contributed by atoms with van der Waals surface area (Å²) in [7, 11) is 0. The van der Waals surface area contributed by atoms with E-state index in [4.69, 9.17) is 5.73 Å². The summed E-state index contributed by atoms with van der Waals surface area (Å²) in [5.74, 6) is -13.7. The van der Waals surface area contributed by atoms with Gasteiger partial charge in [0.05, 0.1) is 5.56 Å². The normalized spacial score (nSPS) is 13.3. The summed E-state index contributed by atoms with van der Waals surface area (Å²) < 4.78 is 88.9. The minimum atomic E-state index is -6.51. The molecule has 0 fully saturated rings. The van der Waals surface area contributed by atoms with Crippen LogP contribution < -0.4 is 11.5 Å². The van der Waals surface area contributed by atoms with Crippen molar-refractivity contribution >= 4 is 11.6 Å². The van der Waals surface area contributed by atoms with Gasteiger partial charge in [-0.1, -0.05) is 0 Å². The summed E-state index contributed by atoms with van der Waals surface area (Å²) in [5, 5.41) is 0. The van der Waals surface area contributed by atoms with E-state index >= 15 is 0 Å². The SMILES string of the molecule is NC(=O)c1cc(N)ccc1C(F)(F)C(F)(F)C(F)(F)F. The molecule has 0 aliphatic carbocycles. The van der Waals surface area contributed by atoms with Gasteiger partial charge in [-0.3, -0.25) is 4.79 Å². The average Bonchev–Trinajstić information content (AvgIpc) is 2.26. The molecule has 0 unspecified atom stereocenters. The van der Waals surface area contributed by atoms with Crippen LogP contribution >= 0.6 is 0 Å². The number of rotatable bonds is 3. The van der Waals surface area contributed by atoms with Crippen LogP contribution in [0.2, 0.25) is 0 Å². The third kappa shape index (κ3) is 2.37. The molecule has 0 atom stereocenters. The summed E-state index contributed by atoms with van der Waals surface area (Å²) in [5.41, 5.74) is 6.47. The number of halogens is 7. The molecule has 1 amide bonds. The first-order chi connectivity index (χ1) is 8.82. The lowest BCUT2D eigenvalue weighted by Crippen LogP contribution is -2.50. The Balaban J connectivity index is 3.55. The quantitative estimate of drug-likeness (QED) is 0.666. The van der Waals surface area contributed by atoms with Gasteiger partial charge < -0.3 is 11.5 Å². The Bertz CT molecular complexity index is 539. The molecule has 10 heteroatoms. The molecule has 112 valence electrons. The number of nitrogens with two attached hydrogens (primary N) is 2. The highest BCUT2D eigenvalue weighted by Gasteiger charge is 2.74. The first-order valence-electron chi connectivity index (χ1n) is 4.84. The molecule has 3 nitrogen and oxygen atoms in total. The number of hydrogen-bond acceptors (Lipinski definition) is 2. The van der Waals surface area contributed by atoms with Crippen molar-refractivity contribution in [3.63, 3.8) is 0 Å². The van der Waals surface area contributed by atoms with Gasteiger partial charge in [0.25, 0.3) is 0 Å². The first kappa shape index (κ1) is 16.1. The van der Waals surface area contributed by atoms with E-state index in [1.54, 1.807) is 0 Å². The minimum absolute atomic E-state index is 0.203. The molecule has 1 aromatic carbocycles. The van der Waals surface area contributed by atoms with Crippen molar-refractivity contribution < 1.29 is 35.5 Å². The van der Waals surface area contributed by atoms with E-state index in [0.29, 0.717) is 12.1 Å². The van der Waals surface area contributed by atoms with Crippen LogP contribution in [-0.4, -0.2) is 18.0 Å². The molecule has 0 aliphatic heterocycles. The summed E-state index contributed by atoms with van der Waals surface area (Å²) in [6.45, 7) is 0. The van der Waals surface area contributed by atoms with Crippen LogP contribution in [0, 0.1) is 0 Å². The molecule has 4 N–H and O–H groups in total. The number of carbonyl (C=O) groups is 1. The predicted octanol–water partition coefficient (Wildman–Crippen LogP) is 2.66. The Labute approximate surface area is 107 Å². The minimum Gasteiger partial charge on any atom is -0.399 e. The number of hydrogen-bond donors (Lipinski definition) is 2. The van der Waals surface area contributed by atoms with Crippen LogP contribution in [0.1, 0.15) is 15.9 Å². The van der Waals surface area contributed by atoms with Crippen LogP contribution in [0.15, 0.2) is 18.2 Å². The molecule has 0 radical (unpaired) electrons. The molecule has 1 rings (SSSR count). The average molecular weight is 304 g/mol. The first-order valence-corrected chi connectivity index (χ1v) is 4.84. The third-order valence-corrected chi connectivity index (χ3v) is 2.40. The second-order valence-corrected chi connectivity index (χ2v) is 3.82. The van der Waals surface area contributed by atoms with Crippen molar-refractivity contribution in [1.82, 2.24) is 0 Å². The summed E-state index contributed by atoms with van der Waals surface area (Å²) >= 11 is 0. The summed E-state index contributed by atoms with van der Waals surface area (Å²) in [6.07, 6.45) is -6.51. The maximum absolute atomic E-state index is 13.5. The Morgan fingerprint density at radius 1 is 1.00 bits per heavy atom. The van der Waals surface area contributed by atoms with Gasteiger partial charge >= 0.3 is 18.0 Å². The number of benzene rings is 1. The Morgan fingerprint density at radius 3 is 1.90 bits per heavy atom. The van der Waals surface area contributed by atoms with E-state index in [2.05, 4.69) is 5.73 Å². The third-order valence-electron chi connectivity index (χ3n) is 2.40. The van der Waals surface area contributed by atoms with Crippen LogP contribution in [0.25, 0.3) is 0 Å². The van der Waals surface area contributed by atoms with Crippen molar-refractivity contribution in [2.75, 3.05) is 5.73 Å². The Morgan fingerprint density at radius 2 is 1.50 bits per heavy atom. The van der Waals surface area contributed by atoms with Gasteiger partial charge in [0, 0.05) is 11.3 Å². The van der Waals surface area contributed by atoms with Gasteiger partial charge in [0.2, 0.25) is 5.91 Å². The molecule has 0 heterocycles. The fraction of sp³-hybridized carbons (Fsp3) is 0.300. The van der Waals surface area contributed by atoms with Gasteiger partial charge in [0.1, 0.15) is 0 Å². The fourth-order valence-electron chi connectivity index (χ4n) is 1.39. The zero-order valence-corrected chi connectivity index (χ0v) is 9.44. The molecule has 0 spiro atoms. The van der Waals surface area contributed by atoms with Gasteiger partial charge in [0.15, 0.2) is 0 Å². The number of anilines is 1. The number of amides is 1. The predicted molar refractivity (Wildman–Crippen MR) is 54.3 cm³/mol. The van der Waals surface area contributed by atoms with E-state index in [-0.39, 0.29) is 11.8 Å². The topological polar surface area (TPSA) is 69.1 Å². The number of alkyl halides is 7. The maximum Gasteiger partial charge on any atom is 0.460 e. The van der Waals surface area contributed by atoms with Crippen LogP contribution in [0.4, 0.5) is 36.4 Å². The lowest BCUT2D eigenvalue weighted by atomic mass is 9.95. The zero-order chi connectivity index (χ0) is 15.9. The van der Waals surface area contributed by atoms with Gasteiger partial charge in [-0.05, 0) is 18.2 Å². The summed E-state index contributed by atoms with van der Waals surface area (Å²) in [4.78, 5) is 10.9. The molecule has 0 saturated carbocycles. The number of nitrogen functional groups attached to an aromatic ring is 1. The van der Waals surface area contributed by atoms with Crippen molar-refractivity contribution in [2.24, 2.45) is 5.73 Å². The molecule has 0 saturated heterocycles. The molecular weight excluding hydrogens is 297 g/mol. The van der Waals surface area contributed by atoms with Crippen molar-refractivity contribution in [3.05, 3.63) is 29.3 Å². The van der Waals surface area contributed by atoms with Crippen molar-refractivity contribution in [1.29, 1.82) is 0 Å². The Hall–Kier alpha value is -2.00. The number of primary amides is 1. The largest absolute Gasteiger partial charge is 0.460 e. The monoisotopic (exact) mass is 304 g/mol. The maximum atomic E-state index is 13.5. The van der Waals surface area contributed by atoms with Gasteiger partial charge in [-0.2, -0.15) is 30.7 Å². The second kappa shape index (κ2) is 4.53. The van der Waals surface area contributed by atoms with E-state index in [0.717, 1.165) is 0 Å². The van der Waals surface area contributed by atoms with E-state index in [1.165, 1.54) is 0 Å². The van der Waals surface area contributed by atoms with Crippen molar-refractivity contribution in [3.8, 4) is 0 Å². The van der Waals surface area contributed by atoms with Gasteiger partial charge in [-0.15, -0.1) is 0 Å².